The summed E-state index contributed by atoms with van der Waals surface area (Å²) in [6, 6.07) is 1.52. The van der Waals surface area contributed by atoms with E-state index in [1.54, 1.807) is 0 Å². The minimum absolute atomic E-state index is 0.236. The van der Waals surface area contributed by atoms with Crippen molar-refractivity contribution in [3.05, 3.63) is 17.8 Å². The monoisotopic (exact) mass is 167 g/mol. The topological polar surface area (TPSA) is 105 Å². The van der Waals surface area contributed by atoms with Crippen molar-refractivity contribution in [1.29, 1.82) is 0 Å². The molecule has 1 aromatic heterocycles. The van der Waals surface area contributed by atoms with Gasteiger partial charge < -0.3 is 21.5 Å². The molecule has 1 rings (SSSR count). The summed E-state index contributed by atoms with van der Waals surface area (Å²) >= 11 is 0. The first kappa shape index (κ1) is 8.99. The molecule has 0 aliphatic heterocycles. The Morgan fingerprint density at radius 2 is 2.17 bits per heavy atom. The molecule has 0 saturated carbocycles. The number of nitrogens with zero attached hydrogens (tertiary/aromatic N) is 1. The Morgan fingerprint density at radius 1 is 1.50 bits per heavy atom. The van der Waals surface area contributed by atoms with E-state index in [1.807, 2.05) is 0 Å². The molecule has 0 unspecified atom stereocenters. The highest BCUT2D eigenvalue weighted by Crippen LogP contribution is 2.03. The van der Waals surface area contributed by atoms with Crippen molar-refractivity contribution >= 4 is 18.4 Å². The quantitative estimate of drug-likeness (QED) is 0.374. The number of rotatable bonds is 2. The lowest BCUT2D eigenvalue weighted by Crippen LogP contribution is -2.31. The predicted molar refractivity (Wildman–Crippen MR) is 46.4 cm³/mol. The van der Waals surface area contributed by atoms with E-state index in [9.17, 15) is 0 Å². The fourth-order valence-corrected chi connectivity index (χ4v) is 0.844. The molecule has 0 spiro atoms. The third-order valence-electron chi connectivity index (χ3n) is 1.54. The predicted octanol–water partition coefficient (Wildman–Crippen LogP) is -2.20. The van der Waals surface area contributed by atoms with E-state index in [0.717, 1.165) is 0 Å². The largest absolute Gasteiger partial charge is 0.490 e. The summed E-state index contributed by atoms with van der Waals surface area (Å²) < 4.78 is 0. The Bertz CT molecular complexity index is 279. The Hall–Kier alpha value is -1.11. The first-order chi connectivity index (χ1) is 5.65. The molecule has 6 N–H and O–H groups in total. The van der Waals surface area contributed by atoms with Crippen LogP contribution < -0.4 is 16.9 Å². The van der Waals surface area contributed by atoms with Gasteiger partial charge in [0.25, 0.3) is 0 Å². The van der Waals surface area contributed by atoms with Crippen LogP contribution in [-0.2, 0) is 6.54 Å². The van der Waals surface area contributed by atoms with E-state index < -0.39 is 7.12 Å². The van der Waals surface area contributed by atoms with Crippen LogP contribution in [0.1, 0.15) is 5.56 Å². The normalized spacial score (nSPS) is 9.92. The molecule has 0 atom stereocenters. The molecular formula is C6H10BN3O2. The molecule has 0 aromatic carbocycles. The van der Waals surface area contributed by atoms with Gasteiger partial charge in [-0.3, -0.25) is 0 Å². The minimum atomic E-state index is -1.52. The first-order valence-electron chi connectivity index (χ1n) is 3.45. The van der Waals surface area contributed by atoms with Crippen LogP contribution >= 0.6 is 0 Å². The van der Waals surface area contributed by atoms with Crippen molar-refractivity contribution in [2.75, 3.05) is 5.73 Å². The lowest BCUT2D eigenvalue weighted by atomic mass is 9.81. The highest BCUT2D eigenvalue weighted by molar-refractivity contribution is 6.58. The first-order valence-corrected chi connectivity index (χ1v) is 3.45. The van der Waals surface area contributed by atoms with Crippen molar-refractivity contribution in [3.63, 3.8) is 0 Å². The van der Waals surface area contributed by atoms with E-state index in [0.29, 0.717) is 16.8 Å². The highest BCUT2D eigenvalue weighted by Gasteiger charge is 2.12. The lowest BCUT2D eigenvalue weighted by Gasteiger charge is -2.04. The SMILES string of the molecule is NCc1cc(B(O)O)cnc1N. The number of nitrogen functional groups attached to an aromatic ring is 1. The zero-order valence-corrected chi connectivity index (χ0v) is 6.44. The van der Waals surface area contributed by atoms with Gasteiger partial charge in [0.15, 0.2) is 0 Å². The van der Waals surface area contributed by atoms with Gasteiger partial charge >= 0.3 is 7.12 Å². The third kappa shape index (κ3) is 1.73. The molecule has 0 bridgehead atoms. The van der Waals surface area contributed by atoms with E-state index in [4.69, 9.17) is 21.5 Å². The van der Waals surface area contributed by atoms with Crippen LogP contribution in [0.2, 0.25) is 0 Å². The maximum atomic E-state index is 8.77. The van der Waals surface area contributed by atoms with E-state index in [2.05, 4.69) is 4.98 Å². The van der Waals surface area contributed by atoms with Crippen molar-refractivity contribution < 1.29 is 10.0 Å². The molecule has 5 nitrogen and oxygen atoms in total. The van der Waals surface area contributed by atoms with Gasteiger partial charge in [0, 0.05) is 23.8 Å². The second kappa shape index (κ2) is 3.53. The van der Waals surface area contributed by atoms with Crippen LogP contribution in [0.25, 0.3) is 0 Å². The van der Waals surface area contributed by atoms with Gasteiger partial charge in [0.2, 0.25) is 0 Å². The average molecular weight is 167 g/mol. The molecule has 0 saturated heterocycles. The third-order valence-corrected chi connectivity index (χ3v) is 1.54. The van der Waals surface area contributed by atoms with Crippen molar-refractivity contribution in [3.8, 4) is 0 Å². The van der Waals surface area contributed by atoms with Gasteiger partial charge in [-0.05, 0) is 0 Å². The maximum Gasteiger partial charge on any atom is 0.490 e. The fraction of sp³-hybridized carbons (Fsp3) is 0.167. The highest BCUT2D eigenvalue weighted by atomic mass is 16.4. The van der Waals surface area contributed by atoms with E-state index in [1.165, 1.54) is 12.3 Å². The van der Waals surface area contributed by atoms with Gasteiger partial charge in [-0.25, -0.2) is 4.98 Å². The molecule has 6 heteroatoms. The van der Waals surface area contributed by atoms with Crippen LogP contribution in [0.3, 0.4) is 0 Å². The van der Waals surface area contributed by atoms with Gasteiger partial charge in [-0.2, -0.15) is 0 Å². The van der Waals surface area contributed by atoms with E-state index in [-0.39, 0.29) is 6.54 Å². The Balaban J connectivity index is 3.05. The average Bonchev–Trinajstić information content (AvgIpc) is 2.05. The number of hydrogen-bond donors (Lipinski definition) is 4. The van der Waals surface area contributed by atoms with Crippen molar-refractivity contribution in [2.24, 2.45) is 5.73 Å². The zero-order valence-electron chi connectivity index (χ0n) is 6.44. The summed E-state index contributed by atoms with van der Waals surface area (Å²) in [5.74, 6) is 0.321. The second-order valence-electron chi connectivity index (χ2n) is 2.39. The Morgan fingerprint density at radius 3 is 2.67 bits per heavy atom. The van der Waals surface area contributed by atoms with Crippen molar-refractivity contribution in [2.45, 2.75) is 6.54 Å². The number of nitrogens with two attached hydrogens (primary N) is 2. The molecule has 64 valence electrons. The lowest BCUT2D eigenvalue weighted by molar-refractivity contribution is 0.425. The number of aromatic nitrogens is 1. The van der Waals surface area contributed by atoms with Crippen LogP contribution in [-0.4, -0.2) is 22.2 Å². The van der Waals surface area contributed by atoms with Gasteiger partial charge in [-0.1, -0.05) is 6.07 Å². The van der Waals surface area contributed by atoms with Crippen LogP contribution in [0, 0.1) is 0 Å². The van der Waals surface area contributed by atoms with E-state index >= 15 is 0 Å². The van der Waals surface area contributed by atoms with Crippen LogP contribution in [0.5, 0.6) is 0 Å². The molecule has 0 amide bonds. The Labute approximate surface area is 70.2 Å². The fourth-order valence-electron chi connectivity index (χ4n) is 0.844. The Kier molecular flexibility index (Phi) is 2.64. The van der Waals surface area contributed by atoms with Gasteiger partial charge in [0.1, 0.15) is 5.82 Å². The van der Waals surface area contributed by atoms with Crippen LogP contribution in [0.15, 0.2) is 12.3 Å². The molecule has 0 fully saturated rings. The summed E-state index contributed by atoms with van der Waals surface area (Å²) in [7, 11) is -1.52. The summed E-state index contributed by atoms with van der Waals surface area (Å²) in [4.78, 5) is 3.75. The summed E-state index contributed by atoms with van der Waals surface area (Å²) in [5.41, 5.74) is 11.7. The number of anilines is 1. The molecular weight excluding hydrogens is 157 g/mol. The molecule has 1 heterocycles. The molecule has 0 aliphatic carbocycles. The second-order valence-corrected chi connectivity index (χ2v) is 2.39. The summed E-state index contributed by atoms with van der Waals surface area (Å²) in [6.45, 7) is 0.236. The van der Waals surface area contributed by atoms with Crippen molar-refractivity contribution in [1.82, 2.24) is 4.98 Å². The maximum absolute atomic E-state index is 8.77. The summed E-state index contributed by atoms with van der Waals surface area (Å²) in [6.07, 6.45) is 1.30. The zero-order chi connectivity index (χ0) is 9.14. The number of pyridine rings is 1. The van der Waals surface area contributed by atoms with Gasteiger partial charge in [-0.15, -0.1) is 0 Å². The summed E-state index contributed by atoms with van der Waals surface area (Å²) in [5, 5.41) is 17.5. The van der Waals surface area contributed by atoms with Crippen LogP contribution in [0.4, 0.5) is 5.82 Å². The van der Waals surface area contributed by atoms with Gasteiger partial charge in [0.05, 0.1) is 0 Å². The standard InChI is InChI=1S/C6H10BN3O2/c8-2-4-1-5(7(11)12)3-10-6(4)9/h1,3,11-12H,2,8H2,(H2,9,10). The molecule has 0 radical (unpaired) electrons. The molecule has 0 aliphatic rings. The minimum Gasteiger partial charge on any atom is -0.423 e. The molecule has 1 aromatic rings. The molecule has 12 heavy (non-hydrogen) atoms. The number of hydrogen-bond acceptors (Lipinski definition) is 5. The smallest absolute Gasteiger partial charge is 0.423 e.